The van der Waals surface area contributed by atoms with Crippen molar-refractivity contribution in [3.05, 3.63) is 17.5 Å². The largest absolute Gasteiger partial charge is 0.361 e. The molecule has 6 nitrogen and oxygen atoms in total. The Labute approximate surface area is 160 Å². The lowest BCUT2D eigenvalue weighted by atomic mass is 10.1. The Morgan fingerprint density at radius 3 is 2.89 bits per heavy atom. The van der Waals surface area contributed by atoms with Crippen LogP contribution in [0.5, 0.6) is 0 Å². The molecule has 0 radical (unpaired) electrons. The number of likely N-dealkylation sites (tertiary alicyclic amines) is 2. The molecule has 2 saturated heterocycles. The van der Waals surface area contributed by atoms with Crippen LogP contribution in [0, 0.1) is 6.92 Å². The van der Waals surface area contributed by atoms with E-state index in [9.17, 15) is 9.18 Å². The number of carbonyl (C=O) groups is 1. The molecular weight excluding hydrogens is 347 g/mol. The summed E-state index contributed by atoms with van der Waals surface area (Å²) in [4.78, 5) is 17.4. The zero-order chi connectivity index (χ0) is 18.8. The molecule has 3 atom stereocenters. The summed E-state index contributed by atoms with van der Waals surface area (Å²) in [5.41, 5.74) is 0.989. The topological polar surface area (TPSA) is 61.6 Å². The number of amides is 1. The molecule has 1 aromatic heterocycles. The fourth-order valence-corrected chi connectivity index (χ4v) is 5.10. The van der Waals surface area contributed by atoms with Crippen LogP contribution >= 0.6 is 0 Å². The monoisotopic (exact) mass is 378 g/mol. The molecule has 1 saturated carbocycles. The van der Waals surface area contributed by atoms with Crippen molar-refractivity contribution in [3.8, 4) is 0 Å². The van der Waals surface area contributed by atoms with E-state index in [2.05, 4.69) is 20.3 Å². The molecule has 27 heavy (non-hydrogen) atoms. The maximum absolute atomic E-state index is 14.0. The Balaban J connectivity index is 1.32. The summed E-state index contributed by atoms with van der Waals surface area (Å²) in [5.74, 6) is 0.904. The number of hydrogen-bond donors (Lipinski definition) is 1. The van der Waals surface area contributed by atoms with Gasteiger partial charge in [0.25, 0.3) is 0 Å². The molecule has 7 heteroatoms. The molecule has 1 N–H and O–H groups in total. The molecule has 1 aliphatic carbocycles. The van der Waals surface area contributed by atoms with Gasteiger partial charge in [-0.1, -0.05) is 18.0 Å². The lowest BCUT2D eigenvalue weighted by Crippen LogP contribution is -2.49. The highest BCUT2D eigenvalue weighted by Gasteiger charge is 2.37. The van der Waals surface area contributed by atoms with Crippen LogP contribution in [0.25, 0.3) is 0 Å². The van der Waals surface area contributed by atoms with Gasteiger partial charge in [0.15, 0.2) is 0 Å². The van der Waals surface area contributed by atoms with Gasteiger partial charge in [-0.3, -0.25) is 14.6 Å². The number of aromatic nitrogens is 1. The molecule has 3 heterocycles. The van der Waals surface area contributed by atoms with Crippen molar-refractivity contribution >= 4 is 5.91 Å². The molecule has 1 amide bonds. The van der Waals surface area contributed by atoms with Crippen molar-refractivity contribution in [2.45, 2.75) is 82.7 Å². The summed E-state index contributed by atoms with van der Waals surface area (Å²) in [7, 11) is 0. The summed E-state index contributed by atoms with van der Waals surface area (Å²) in [5, 5.41) is 6.95. The van der Waals surface area contributed by atoms with Crippen molar-refractivity contribution in [1.29, 1.82) is 0 Å². The first kappa shape index (κ1) is 18.9. The van der Waals surface area contributed by atoms with Gasteiger partial charge in [0.2, 0.25) is 5.91 Å². The van der Waals surface area contributed by atoms with Crippen LogP contribution in [-0.2, 0) is 11.3 Å². The molecule has 4 rings (SSSR count). The van der Waals surface area contributed by atoms with Gasteiger partial charge in [0.1, 0.15) is 11.9 Å². The molecular formula is C20H31FN4O2. The maximum atomic E-state index is 14.0. The quantitative estimate of drug-likeness (QED) is 0.824. The lowest BCUT2D eigenvalue weighted by Gasteiger charge is -2.30. The molecule has 1 unspecified atom stereocenters. The minimum Gasteiger partial charge on any atom is -0.361 e. The number of nitrogens with zero attached hydrogens (tertiary/aromatic N) is 3. The smallest absolute Gasteiger partial charge is 0.237 e. The Bertz CT molecular complexity index is 646. The van der Waals surface area contributed by atoms with Crippen molar-refractivity contribution < 1.29 is 13.7 Å². The molecule has 3 fully saturated rings. The number of rotatable bonds is 6. The molecule has 0 aromatic carbocycles. The number of carbonyl (C=O) groups excluding carboxylic acids is 1. The van der Waals surface area contributed by atoms with Gasteiger partial charge < -0.3 is 9.84 Å². The van der Waals surface area contributed by atoms with E-state index in [1.54, 1.807) is 6.20 Å². The van der Waals surface area contributed by atoms with E-state index in [1.165, 1.54) is 25.7 Å². The number of nitrogens with one attached hydrogen (secondary N) is 1. The van der Waals surface area contributed by atoms with Crippen LogP contribution in [-0.4, -0.2) is 64.8 Å². The van der Waals surface area contributed by atoms with Crippen molar-refractivity contribution in [3.63, 3.8) is 0 Å². The van der Waals surface area contributed by atoms with Gasteiger partial charge in [-0.25, -0.2) is 4.39 Å². The summed E-state index contributed by atoms with van der Waals surface area (Å²) in [6.07, 6.45) is 8.40. The van der Waals surface area contributed by atoms with Gasteiger partial charge in [-0.05, 0) is 45.6 Å². The Kier molecular flexibility index (Phi) is 5.78. The normalized spacial score (nSPS) is 30.4. The molecule has 3 aliphatic rings. The molecule has 150 valence electrons. The van der Waals surface area contributed by atoms with Crippen LogP contribution in [0.4, 0.5) is 4.39 Å². The molecule has 1 aromatic rings. The summed E-state index contributed by atoms with van der Waals surface area (Å²) in [6, 6.07) is 0.613. The van der Waals surface area contributed by atoms with E-state index in [4.69, 9.17) is 4.52 Å². The number of halogens is 1. The van der Waals surface area contributed by atoms with Crippen molar-refractivity contribution in [1.82, 2.24) is 20.3 Å². The Morgan fingerprint density at radius 2 is 2.15 bits per heavy atom. The van der Waals surface area contributed by atoms with E-state index < -0.39 is 6.17 Å². The van der Waals surface area contributed by atoms with Crippen molar-refractivity contribution in [2.75, 3.05) is 19.6 Å². The molecule has 2 aliphatic heterocycles. The standard InChI is InChI=1S/C20H31FN4O2/c1-14-15(10-23-27-14)12-24-13-16(21)9-18(24)11-22-20(26)19-7-4-8-25(19)17-5-2-3-6-17/h10,16-19H,2-9,11-13H2,1H3,(H,22,26)/t16-,18-,19?/m0/s1. The summed E-state index contributed by atoms with van der Waals surface area (Å²) in [6.45, 7) is 4.45. The van der Waals surface area contributed by atoms with Crippen molar-refractivity contribution in [2.24, 2.45) is 0 Å². The van der Waals surface area contributed by atoms with Gasteiger partial charge in [0, 0.05) is 37.3 Å². The third-order valence-corrected chi connectivity index (χ3v) is 6.60. The van der Waals surface area contributed by atoms with Gasteiger partial charge in [0.05, 0.1) is 12.2 Å². The first-order valence-corrected chi connectivity index (χ1v) is 10.4. The minimum absolute atomic E-state index is 0.00412. The predicted molar refractivity (Wildman–Crippen MR) is 99.9 cm³/mol. The lowest BCUT2D eigenvalue weighted by molar-refractivity contribution is -0.126. The first-order valence-electron chi connectivity index (χ1n) is 10.4. The maximum Gasteiger partial charge on any atom is 0.237 e. The minimum atomic E-state index is -0.839. The predicted octanol–water partition coefficient (Wildman–Crippen LogP) is 2.42. The third kappa shape index (κ3) is 4.19. The second-order valence-electron chi connectivity index (χ2n) is 8.40. The second-order valence-corrected chi connectivity index (χ2v) is 8.40. The molecule has 0 spiro atoms. The third-order valence-electron chi connectivity index (χ3n) is 6.60. The zero-order valence-corrected chi connectivity index (χ0v) is 16.2. The average molecular weight is 378 g/mol. The first-order chi connectivity index (χ1) is 13.1. The van der Waals surface area contributed by atoms with E-state index >= 15 is 0 Å². The van der Waals surface area contributed by atoms with E-state index in [0.29, 0.717) is 32.1 Å². The van der Waals surface area contributed by atoms with Gasteiger partial charge in [-0.2, -0.15) is 0 Å². The SMILES string of the molecule is Cc1oncc1CN1C[C@@H](F)C[C@H]1CNC(=O)C1CCCN1C1CCCC1. The van der Waals surface area contributed by atoms with Crippen LogP contribution in [0.1, 0.15) is 56.3 Å². The average Bonchev–Trinajstić information content (AvgIpc) is 3.41. The van der Waals surface area contributed by atoms with E-state index in [0.717, 1.165) is 30.7 Å². The number of alkyl halides is 1. The number of hydrogen-bond acceptors (Lipinski definition) is 5. The molecule has 0 bridgehead atoms. The summed E-state index contributed by atoms with van der Waals surface area (Å²) < 4.78 is 19.2. The summed E-state index contributed by atoms with van der Waals surface area (Å²) >= 11 is 0. The van der Waals surface area contributed by atoms with Crippen LogP contribution in [0.2, 0.25) is 0 Å². The van der Waals surface area contributed by atoms with Gasteiger partial charge >= 0.3 is 0 Å². The van der Waals surface area contributed by atoms with Crippen LogP contribution < -0.4 is 5.32 Å². The Morgan fingerprint density at radius 1 is 1.33 bits per heavy atom. The fraction of sp³-hybridized carbons (Fsp3) is 0.800. The van der Waals surface area contributed by atoms with E-state index in [1.807, 2.05) is 6.92 Å². The number of aryl methyl sites for hydroxylation is 1. The fourth-order valence-electron chi connectivity index (χ4n) is 5.10. The Hall–Kier alpha value is -1.47. The van der Waals surface area contributed by atoms with Crippen LogP contribution in [0.15, 0.2) is 10.7 Å². The highest BCUT2D eigenvalue weighted by atomic mass is 19.1. The second kappa shape index (κ2) is 8.27. The van der Waals surface area contributed by atoms with Crippen LogP contribution in [0.3, 0.4) is 0 Å². The van der Waals surface area contributed by atoms with E-state index in [-0.39, 0.29) is 18.0 Å². The van der Waals surface area contributed by atoms with Gasteiger partial charge in [-0.15, -0.1) is 0 Å². The zero-order valence-electron chi connectivity index (χ0n) is 16.2. The highest BCUT2D eigenvalue weighted by molar-refractivity contribution is 5.82. The highest BCUT2D eigenvalue weighted by Crippen LogP contribution is 2.30.